The van der Waals surface area contributed by atoms with E-state index in [9.17, 15) is 8.78 Å². The van der Waals surface area contributed by atoms with Gasteiger partial charge in [0.15, 0.2) is 5.58 Å². The molecule has 4 nitrogen and oxygen atoms in total. The first-order valence-electron chi connectivity index (χ1n) is 11.0. The van der Waals surface area contributed by atoms with Crippen molar-refractivity contribution in [1.82, 2.24) is 9.97 Å². The van der Waals surface area contributed by atoms with Gasteiger partial charge in [0.1, 0.15) is 17.2 Å². The Hall–Kier alpha value is -2.73. The summed E-state index contributed by atoms with van der Waals surface area (Å²) in [6.07, 6.45) is 7.20. The second-order valence-corrected chi connectivity index (χ2v) is 9.22. The maximum atomic E-state index is 13.8. The molecule has 0 spiro atoms. The van der Waals surface area contributed by atoms with E-state index in [1.165, 1.54) is 23.8 Å². The lowest BCUT2D eigenvalue weighted by molar-refractivity contribution is 0.301. The molecule has 2 aromatic heterocycles. The Kier molecular flexibility index (Phi) is 5.72. The van der Waals surface area contributed by atoms with Crippen LogP contribution >= 0.6 is 11.6 Å². The SMILES string of the molecule is CC(CC1CCC(c2ccnc3ccc(F)cc23)CC1)Nc1nc2cc(F)c(Cl)cc2o1. The van der Waals surface area contributed by atoms with Crippen molar-refractivity contribution >= 4 is 39.6 Å². The van der Waals surface area contributed by atoms with Gasteiger partial charge in [-0.3, -0.25) is 4.98 Å². The Labute approximate surface area is 190 Å². The lowest BCUT2D eigenvalue weighted by Gasteiger charge is -2.31. The van der Waals surface area contributed by atoms with Gasteiger partial charge < -0.3 is 9.73 Å². The molecule has 1 aliphatic rings. The molecule has 0 saturated heterocycles. The molecule has 2 aromatic carbocycles. The number of hydrogen-bond acceptors (Lipinski definition) is 4. The quantitative estimate of drug-likeness (QED) is 0.339. The van der Waals surface area contributed by atoms with Crippen molar-refractivity contribution in [1.29, 1.82) is 0 Å². The normalized spacial score (nSPS) is 20.0. The molecule has 1 saturated carbocycles. The zero-order valence-corrected chi connectivity index (χ0v) is 18.5. The number of hydrogen-bond donors (Lipinski definition) is 1. The molecule has 5 rings (SSSR count). The van der Waals surface area contributed by atoms with Crippen molar-refractivity contribution in [2.45, 2.75) is 51.0 Å². The van der Waals surface area contributed by atoms with E-state index in [0.717, 1.165) is 43.0 Å². The first-order chi connectivity index (χ1) is 15.5. The zero-order chi connectivity index (χ0) is 22.2. The number of rotatable bonds is 5. The molecule has 1 atom stereocenters. The standard InChI is InChI=1S/C25H24ClF2N3O/c1-14(30-25-31-23-13-21(28)20(26)12-24(23)32-25)10-15-2-4-16(5-3-15)18-8-9-29-22-7-6-17(27)11-19(18)22/h6-9,11-16H,2-5,10H2,1H3,(H,30,31). The van der Waals surface area contributed by atoms with Crippen LogP contribution in [0.15, 0.2) is 47.0 Å². The van der Waals surface area contributed by atoms with Gasteiger partial charge in [0.05, 0.1) is 10.5 Å². The molecule has 1 N–H and O–H groups in total. The van der Waals surface area contributed by atoms with Gasteiger partial charge in [0.25, 0.3) is 6.01 Å². The van der Waals surface area contributed by atoms with Crippen LogP contribution in [0.3, 0.4) is 0 Å². The molecule has 0 aliphatic heterocycles. The number of fused-ring (bicyclic) bond motifs is 2. The van der Waals surface area contributed by atoms with Crippen LogP contribution in [0.2, 0.25) is 5.02 Å². The fraction of sp³-hybridized carbons (Fsp3) is 0.360. The van der Waals surface area contributed by atoms with Crippen LogP contribution < -0.4 is 5.32 Å². The first kappa shape index (κ1) is 21.1. The fourth-order valence-electron chi connectivity index (χ4n) is 4.96. The van der Waals surface area contributed by atoms with Crippen LogP contribution in [0.1, 0.15) is 50.5 Å². The van der Waals surface area contributed by atoms with Gasteiger partial charge in [0, 0.05) is 29.8 Å². The molecule has 1 unspecified atom stereocenters. The molecule has 1 aliphatic carbocycles. The number of nitrogens with zero attached hydrogens (tertiary/aromatic N) is 2. The Bertz CT molecular complexity index is 1230. The molecule has 1 fully saturated rings. The molecular formula is C25H24ClF2N3O. The van der Waals surface area contributed by atoms with Gasteiger partial charge in [-0.1, -0.05) is 11.6 Å². The largest absolute Gasteiger partial charge is 0.423 e. The number of oxazole rings is 1. The Balaban J connectivity index is 1.20. The summed E-state index contributed by atoms with van der Waals surface area (Å²) in [4.78, 5) is 8.70. The molecule has 0 bridgehead atoms. The predicted octanol–water partition coefficient (Wildman–Crippen LogP) is 7.47. The van der Waals surface area contributed by atoms with Gasteiger partial charge in [-0.25, -0.2) is 8.78 Å². The van der Waals surface area contributed by atoms with E-state index in [1.807, 2.05) is 12.3 Å². The van der Waals surface area contributed by atoms with Crippen molar-refractivity contribution < 1.29 is 13.2 Å². The minimum atomic E-state index is -0.506. The lowest BCUT2D eigenvalue weighted by Crippen LogP contribution is -2.23. The van der Waals surface area contributed by atoms with Crippen molar-refractivity contribution in [3.63, 3.8) is 0 Å². The van der Waals surface area contributed by atoms with Crippen molar-refractivity contribution in [2.75, 3.05) is 5.32 Å². The van der Waals surface area contributed by atoms with Crippen LogP contribution in [0.4, 0.5) is 14.8 Å². The van der Waals surface area contributed by atoms with E-state index in [0.29, 0.717) is 29.0 Å². The number of nitrogens with one attached hydrogen (secondary N) is 1. The summed E-state index contributed by atoms with van der Waals surface area (Å²) in [5.41, 5.74) is 2.97. The molecule has 166 valence electrons. The molecular weight excluding hydrogens is 432 g/mol. The van der Waals surface area contributed by atoms with E-state index in [-0.39, 0.29) is 16.9 Å². The van der Waals surface area contributed by atoms with Crippen LogP contribution in [0.5, 0.6) is 0 Å². The highest BCUT2D eigenvalue weighted by molar-refractivity contribution is 6.31. The van der Waals surface area contributed by atoms with Gasteiger partial charge in [0.2, 0.25) is 0 Å². The first-order valence-corrected chi connectivity index (χ1v) is 11.4. The van der Waals surface area contributed by atoms with Crippen molar-refractivity contribution in [2.24, 2.45) is 5.92 Å². The van der Waals surface area contributed by atoms with E-state index < -0.39 is 5.82 Å². The third kappa shape index (κ3) is 4.29. The van der Waals surface area contributed by atoms with E-state index in [2.05, 4.69) is 22.2 Å². The van der Waals surface area contributed by atoms with E-state index in [1.54, 1.807) is 12.1 Å². The molecule has 0 radical (unpaired) electrons. The number of benzene rings is 2. The molecule has 2 heterocycles. The second-order valence-electron chi connectivity index (χ2n) is 8.81. The van der Waals surface area contributed by atoms with Gasteiger partial charge in [-0.05, 0) is 80.7 Å². The monoisotopic (exact) mass is 455 g/mol. The third-order valence-corrected chi connectivity index (χ3v) is 6.80. The molecule has 7 heteroatoms. The highest BCUT2D eigenvalue weighted by Crippen LogP contribution is 2.40. The summed E-state index contributed by atoms with van der Waals surface area (Å²) in [6, 6.07) is 10.1. The second kappa shape index (κ2) is 8.66. The summed E-state index contributed by atoms with van der Waals surface area (Å²) in [6.45, 7) is 2.10. The smallest absolute Gasteiger partial charge is 0.295 e. The highest BCUT2D eigenvalue weighted by Gasteiger charge is 2.25. The van der Waals surface area contributed by atoms with E-state index >= 15 is 0 Å². The minimum Gasteiger partial charge on any atom is -0.423 e. The van der Waals surface area contributed by atoms with Gasteiger partial charge in [-0.15, -0.1) is 0 Å². The fourth-order valence-corrected chi connectivity index (χ4v) is 5.11. The zero-order valence-electron chi connectivity index (χ0n) is 17.7. The Morgan fingerprint density at radius 2 is 1.91 bits per heavy atom. The van der Waals surface area contributed by atoms with Crippen LogP contribution in [-0.4, -0.2) is 16.0 Å². The average molecular weight is 456 g/mol. The Morgan fingerprint density at radius 3 is 2.72 bits per heavy atom. The topological polar surface area (TPSA) is 51.0 Å². The highest BCUT2D eigenvalue weighted by atomic mass is 35.5. The van der Waals surface area contributed by atoms with Gasteiger partial charge >= 0.3 is 0 Å². The summed E-state index contributed by atoms with van der Waals surface area (Å²) in [5.74, 6) is 0.298. The van der Waals surface area contributed by atoms with Crippen LogP contribution in [0.25, 0.3) is 22.0 Å². The summed E-state index contributed by atoms with van der Waals surface area (Å²) in [7, 11) is 0. The summed E-state index contributed by atoms with van der Waals surface area (Å²) < 4.78 is 33.1. The number of aromatic nitrogens is 2. The maximum absolute atomic E-state index is 13.8. The minimum absolute atomic E-state index is 0.0229. The number of halogens is 3. The van der Waals surface area contributed by atoms with E-state index in [4.69, 9.17) is 16.0 Å². The summed E-state index contributed by atoms with van der Waals surface area (Å²) in [5, 5.41) is 4.25. The molecule has 0 amide bonds. The van der Waals surface area contributed by atoms with Crippen LogP contribution in [-0.2, 0) is 0 Å². The lowest BCUT2D eigenvalue weighted by atomic mass is 9.76. The average Bonchev–Trinajstić information content (AvgIpc) is 3.14. The Morgan fingerprint density at radius 1 is 1.09 bits per heavy atom. The van der Waals surface area contributed by atoms with Crippen molar-refractivity contribution in [3.8, 4) is 0 Å². The third-order valence-electron chi connectivity index (χ3n) is 6.51. The number of pyridine rings is 1. The molecule has 4 aromatic rings. The summed E-state index contributed by atoms with van der Waals surface area (Å²) >= 11 is 5.82. The van der Waals surface area contributed by atoms with Crippen molar-refractivity contribution in [3.05, 3.63) is 64.8 Å². The molecule has 32 heavy (non-hydrogen) atoms. The predicted molar refractivity (Wildman–Crippen MR) is 123 cm³/mol. The van der Waals surface area contributed by atoms with Crippen LogP contribution in [0, 0.1) is 17.6 Å². The maximum Gasteiger partial charge on any atom is 0.295 e. The van der Waals surface area contributed by atoms with Gasteiger partial charge in [-0.2, -0.15) is 4.98 Å². The number of anilines is 1.